The van der Waals surface area contributed by atoms with Gasteiger partial charge in [0.2, 0.25) is 5.91 Å². The molecule has 0 spiro atoms. The van der Waals surface area contributed by atoms with Gasteiger partial charge in [0.15, 0.2) is 0 Å². The molecule has 0 saturated carbocycles. The van der Waals surface area contributed by atoms with Crippen molar-refractivity contribution in [2.24, 2.45) is 0 Å². The first kappa shape index (κ1) is 13.1. The number of carbonyl (C=O) groups excluding carboxylic acids is 1. The highest BCUT2D eigenvalue weighted by atomic mass is 16.5. The Morgan fingerprint density at radius 3 is 2.72 bits per heavy atom. The number of nitrogens with zero attached hydrogens (tertiary/aromatic N) is 1. The average molecular weight is 247 g/mol. The van der Waals surface area contributed by atoms with Gasteiger partial charge in [-0.25, -0.2) is 0 Å². The Bertz CT molecular complexity index is 391. The van der Waals surface area contributed by atoms with Crippen LogP contribution in [0.3, 0.4) is 0 Å². The van der Waals surface area contributed by atoms with Crippen molar-refractivity contribution in [3.8, 4) is 0 Å². The molecule has 1 aromatic carbocycles. The van der Waals surface area contributed by atoms with Crippen LogP contribution in [0.25, 0.3) is 0 Å². The predicted octanol–water partition coefficient (Wildman–Crippen LogP) is 2.78. The lowest BCUT2D eigenvalue weighted by molar-refractivity contribution is -0.144. The zero-order chi connectivity index (χ0) is 13.0. The molecule has 1 saturated heterocycles. The molecule has 3 heteroatoms. The van der Waals surface area contributed by atoms with E-state index in [2.05, 4.69) is 12.1 Å². The maximum absolute atomic E-state index is 12.0. The van der Waals surface area contributed by atoms with Crippen LogP contribution < -0.4 is 0 Å². The largest absolute Gasteiger partial charge is 0.367 e. The highest BCUT2D eigenvalue weighted by molar-refractivity contribution is 5.76. The van der Waals surface area contributed by atoms with Crippen LogP contribution in [0.5, 0.6) is 0 Å². The molecule has 1 amide bonds. The van der Waals surface area contributed by atoms with E-state index in [9.17, 15) is 4.79 Å². The fourth-order valence-electron chi connectivity index (χ4n) is 2.38. The molecule has 2 unspecified atom stereocenters. The van der Waals surface area contributed by atoms with Crippen LogP contribution in [-0.4, -0.2) is 30.0 Å². The zero-order valence-electron chi connectivity index (χ0n) is 11.1. The molecule has 0 aliphatic carbocycles. The van der Waals surface area contributed by atoms with E-state index in [1.165, 1.54) is 0 Å². The van der Waals surface area contributed by atoms with E-state index in [0.29, 0.717) is 19.5 Å². The highest BCUT2D eigenvalue weighted by Crippen LogP contribution is 2.25. The van der Waals surface area contributed by atoms with Gasteiger partial charge < -0.3 is 9.64 Å². The first-order chi connectivity index (χ1) is 8.70. The Morgan fingerprint density at radius 1 is 1.33 bits per heavy atom. The quantitative estimate of drug-likeness (QED) is 0.822. The van der Waals surface area contributed by atoms with Crippen molar-refractivity contribution in [1.82, 2.24) is 4.90 Å². The van der Waals surface area contributed by atoms with Gasteiger partial charge in [-0.1, -0.05) is 37.3 Å². The lowest BCUT2D eigenvalue weighted by Gasteiger charge is -2.37. The summed E-state index contributed by atoms with van der Waals surface area (Å²) in [6.07, 6.45) is 1.65. The molecule has 1 fully saturated rings. The predicted molar refractivity (Wildman–Crippen MR) is 71.2 cm³/mol. The summed E-state index contributed by atoms with van der Waals surface area (Å²) in [5, 5.41) is 0. The molecule has 18 heavy (non-hydrogen) atoms. The van der Waals surface area contributed by atoms with Gasteiger partial charge in [-0.2, -0.15) is 0 Å². The lowest BCUT2D eigenvalue weighted by atomic mass is 10.1. The van der Waals surface area contributed by atoms with Gasteiger partial charge in [0.05, 0.1) is 12.6 Å². The SMILES string of the molecule is CCCC(=O)N1CC(C)OC(c2ccccc2)C1. The van der Waals surface area contributed by atoms with Crippen LogP contribution in [0.1, 0.15) is 38.4 Å². The number of ether oxygens (including phenoxy) is 1. The monoisotopic (exact) mass is 247 g/mol. The third-order valence-corrected chi connectivity index (χ3v) is 3.25. The summed E-state index contributed by atoms with van der Waals surface area (Å²) < 4.78 is 5.94. The van der Waals surface area contributed by atoms with Gasteiger partial charge in [0.1, 0.15) is 6.10 Å². The van der Waals surface area contributed by atoms with Gasteiger partial charge in [0.25, 0.3) is 0 Å². The van der Waals surface area contributed by atoms with Crippen LogP contribution in [0.2, 0.25) is 0 Å². The minimum absolute atomic E-state index is 0.00996. The van der Waals surface area contributed by atoms with E-state index in [1.54, 1.807) is 0 Å². The van der Waals surface area contributed by atoms with Crippen molar-refractivity contribution in [3.63, 3.8) is 0 Å². The average Bonchev–Trinajstić information content (AvgIpc) is 2.39. The molecule has 1 aliphatic rings. The summed E-state index contributed by atoms with van der Waals surface area (Å²) in [6, 6.07) is 10.1. The van der Waals surface area contributed by atoms with Gasteiger partial charge >= 0.3 is 0 Å². The third-order valence-electron chi connectivity index (χ3n) is 3.25. The number of morpholine rings is 1. The van der Waals surface area contributed by atoms with Crippen LogP contribution in [-0.2, 0) is 9.53 Å². The van der Waals surface area contributed by atoms with E-state index in [4.69, 9.17) is 4.74 Å². The second-order valence-corrected chi connectivity index (χ2v) is 4.89. The molecule has 0 aromatic heterocycles. The summed E-state index contributed by atoms with van der Waals surface area (Å²) in [5.41, 5.74) is 1.15. The second-order valence-electron chi connectivity index (χ2n) is 4.89. The molecular formula is C15H21NO2. The first-order valence-corrected chi connectivity index (χ1v) is 6.69. The molecule has 0 bridgehead atoms. The Hall–Kier alpha value is -1.35. The van der Waals surface area contributed by atoms with Crippen LogP contribution in [0, 0.1) is 0 Å². The minimum Gasteiger partial charge on any atom is -0.367 e. The fraction of sp³-hybridized carbons (Fsp3) is 0.533. The van der Waals surface area contributed by atoms with E-state index in [0.717, 1.165) is 12.0 Å². The van der Waals surface area contributed by atoms with Gasteiger partial charge in [-0.15, -0.1) is 0 Å². The lowest BCUT2D eigenvalue weighted by Crippen LogP contribution is -2.45. The number of amides is 1. The van der Waals surface area contributed by atoms with E-state index < -0.39 is 0 Å². The Morgan fingerprint density at radius 2 is 2.06 bits per heavy atom. The summed E-state index contributed by atoms with van der Waals surface area (Å²) in [4.78, 5) is 13.9. The van der Waals surface area contributed by atoms with Crippen LogP contribution in [0.15, 0.2) is 30.3 Å². The smallest absolute Gasteiger partial charge is 0.222 e. The molecule has 0 radical (unpaired) electrons. The molecule has 2 rings (SSSR count). The van der Waals surface area contributed by atoms with Crippen molar-refractivity contribution >= 4 is 5.91 Å². The summed E-state index contributed by atoms with van der Waals surface area (Å²) in [5.74, 6) is 0.244. The van der Waals surface area contributed by atoms with Crippen molar-refractivity contribution in [2.45, 2.75) is 38.9 Å². The fourth-order valence-corrected chi connectivity index (χ4v) is 2.38. The number of hydrogen-bond acceptors (Lipinski definition) is 2. The minimum atomic E-state index is 0.00996. The van der Waals surface area contributed by atoms with Gasteiger partial charge in [0, 0.05) is 13.0 Å². The number of carbonyl (C=O) groups is 1. The molecule has 98 valence electrons. The topological polar surface area (TPSA) is 29.5 Å². The van der Waals surface area contributed by atoms with Crippen molar-refractivity contribution in [3.05, 3.63) is 35.9 Å². The summed E-state index contributed by atoms with van der Waals surface area (Å²) >= 11 is 0. The van der Waals surface area contributed by atoms with Crippen LogP contribution >= 0.6 is 0 Å². The van der Waals surface area contributed by atoms with Crippen molar-refractivity contribution < 1.29 is 9.53 Å². The van der Waals surface area contributed by atoms with E-state index >= 15 is 0 Å². The number of rotatable bonds is 3. The molecular weight excluding hydrogens is 226 g/mol. The Balaban J connectivity index is 2.07. The third kappa shape index (κ3) is 3.10. The second kappa shape index (κ2) is 6.01. The molecule has 1 heterocycles. The van der Waals surface area contributed by atoms with E-state index in [-0.39, 0.29) is 18.1 Å². The van der Waals surface area contributed by atoms with E-state index in [1.807, 2.05) is 36.9 Å². The Labute approximate surface area is 109 Å². The molecule has 1 aliphatic heterocycles. The maximum Gasteiger partial charge on any atom is 0.222 e. The number of hydrogen-bond donors (Lipinski definition) is 0. The molecule has 1 aromatic rings. The maximum atomic E-state index is 12.0. The highest BCUT2D eigenvalue weighted by Gasteiger charge is 2.28. The van der Waals surface area contributed by atoms with Crippen molar-refractivity contribution in [2.75, 3.05) is 13.1 Å². The standard InChI is InChI=1S/C15H21NO2/c1-3-7-15(17)16-10-12(2)18-14(11-16)13-8-5-4-6-9-13/h4-6,8-9,12,14H,3,7,10-11H2,1-2H3. The first-order valence-electron chi connectivity index (χ1n) is 6.69. The number of benzene rings is 1. The zero-order valence-corrected chi connectivity index (χ0v) is 11.1. The summed E-state index contributed by atoms with van der Waals surface area (Å²) in [7, 11) is 0. The van der Waals surface area contributed by atoms with Crippen molar-refractivity contribution in [1.29, 1.82) is 0 Å². The molecule has 3 nitrogen and oxygen atoms in total. The molecule has 2 atom stereocenters. The van der Waals surface area contributed by atoms with Crippen LogP contribution in [0.4, 0.5) is 0 Å². The molecule has 0 N–H and O–H groups in total. The normalized spacial score (nSPS) is 24.0. The summed E-state index contributed by atoms with van der Waals surface area (Å²) in [6.45, 7) is 5.45. The van der Waals surface area contributed by atoms with Gasteiger partial charge in [-0.3, -0.25) is 4.79 Å². The Kier molecular flexibility index (Phi) is 4.37. The van der Waals surface area contributed by atoms with Gasteiger partial charge in [-0.05, 0) is 18.9 Å².